The van der Waals surface area contributed by atoms with Crippen LogP contribution < -0.4 is 20.1 Å². The van der Waals surface area contributed by atoms with E-state index < -0.39 is 0 Å². The van der Waals surface area contributed by atoms with Crippen molar-refractivity contribution in [1.82, 2.24) is 9.97 Å². The number of carbonyl (C=O) groups is 1. The molecule has 1 aromatic carbocycles. The van der Waals surface area contributed by atoms with Crippen LogP contribution in [0.1, 0.15) is 54.8 Å². The first-order valence-electron chi connectivity index (χ1n) is 9.74. The van der Waals surface area contributed by atoms with Crippen molar-refractivity contribution in [2.24, 2.45) is 0 Å². The van der Waals surface area contributed by atoms with E-state index >= 15 is 0 Å². The van der Waals surface area contributed by atoms with Gasteiger partial charge in [-0.2, -0.15) is 0 Å². The largest absolute Gasteiger partial charge is 0.497 e. The van der Waals surface area contributed by atoms with Gasteiger partial charge in [-0.25, -0.2) is 9.97 Å². The predicted octanol–water partition coefficient (Wildman–Crippen LogP) is 4.19. The first-order valence-corrected chi connectivity index (χ1v) is 9.74. The topological polar surface area (TPSA) is 85.4 Å². The third-order valence-corrected chi connectivity index (χ3v) is 4.93. The fourth-order valence-electron chi connectivity index (χ4n) is 3.49. The maximum Gasteiger partial charge on any atom is 0.274 e. The van der Waals surface area contributed by atoms with Crippen LogP contribution >= 0.6 is 0 Å². The van der Waals surface area contributed by atoms with Gasteiger partial charge in [0.2, 0.25) is 0 Å². The Kier molecular flexibility index (Phi) is 6.68. The van der Waals surface area contributed by atoms with E-state index in [4.69, 9.17) is 9.47 Å². The summed E-state index contributed by atoms with van der Waals surface area (Å²) in [6, 6.07) is 7.35. The summed E-state index contributed by atoms with van der Waals surface area (Å²) >= 11 is 0. The molecule has 0 aliphatic heterocycles. The van der Waals surface area contributed by atoms with Gasteiger partial charge in [-0.05, 0) is 31.9 Å². The Morgan fingerprint density at radius 3 is 2.46 bits per heavy atom. The van der Waals surface area contributed by atoms with Crippen LogP contribution in [0.2, 0.25) is 0 Å². The highest BCUT2D eigenvalue weighted by atomic mass is 16.5. The number of benzene rings is 1. The minimum atomic E-state index is -0.319. The molecule has 2 aromatic rings. The van der Waals surface area contributed by atoms with Gasteiger partial charge in [0.1, 0.15) is 28.8 Å². The highest BCUT2D eigenvalue weighted by molar-refractivity contribution is 6.04. The van der Waals surface area contributed by atoms with Gasteiger partial charge in [0.25, 0.3) is 5.91 Å². The number of nitrogens with zero attached hydrogens (tertiary/aromatic N) is 2. The summed E-state index contributed by atoms with van der Waals surface area (Å²) < 4.78 is 10.6. The molecule has 0 unspecified atom stereocenters. The van der Waals surface area contributed by atoms with E-state index in [1.54, 1.807) is 45.4 Å². The predicted molar refractivity (Wildman–Crippen MR) is 109 cm³/mol. The molecule has 1 aromatic heterocycles. The van der Waals surface area contributed by atoms with Crippen molar-refractivity contribution in [2.45, 2.75) is 51.5 Å². The maximum absolute atomic E-state index is 12.8. The maximum atomic E-state index is 12.8. The van der Waals surface area contributed by atoms with Gasteiger partial charge in [0, 0.05) is 18.2 Å². The summed E-state index contributed by atoms with van der Waals surface area (Å²) in [5.41, 5.74) is 0.842. The van der Waals surface area contributed by atoms with Crippen LogP contribution in [0.25, 0.3) is 0 Å². The summed E-state index contributed by atoms with van der Waals surface area (Å²) in [5, 5.41) is 6.34. The van der Waals surface area contributed by atoms with E-state index in [9.17, 15) is 4.79 Å². The summed E-state index contributed by atoms with van der Waals surface area (Å²) in [6.45, 7) is 1.79. The first kappa shape index (κ1) is 19.9. The second kappa shape index (κ2) is 9.39. The lowest BCUT2D eigenvalue weighted by Crippen LogP contribution is -2.21. The lowest BCUT2D eigenvalue weighted by molar-refractivity contribution is 0.102. The Balaban J connectivity index is 1.77. The molecule has 150 valence electrons. The third-order valence-electron chi connectivity index (χ3n) is 4.93. The molecule has 0 atom stereocenters. The highest BCUT2D eigenvalue weighted by Crippen LogP contribution is 2.29. The molecule has 1 aliphatic carbocycles. The highest BCUT2D eigenvalue weighted by Gasteiger charge is 2.17. The smallest absolute Gasteiger partial charge is 0.274 e. The molecular weight excluding hydrogens is 356 g/mol. The summed E-state index contributed by atoms with van der Waals surface area (Å²) in [6.07, 6.45) is 7.29. The molecule has 7 heteroatoms. The summed E-state index contributed by atoms with van der Waals surface area (Å²) in [4.78, 5) is 21.6. The van der Waals surface area contributed by atoms with E-state index in [2.05, 4.69) is 20.6 Å². The van der Waals surface area contributed by atoms with E-state index in [1.807, 2.05) is 0 Å². The molecule has 7 nitrogen and oxygen atoms in total. The van der Waals surface area contributed by atoms with Gasteiger partial charge < -0.3 is 20.1 Å². The fraction of sp³-hybridized carbons (Fsp3) is 0.476. The molecule has 1 heterocycles. The Morgan fingerprint density at radius 2 is 1.79 bits per heavy atom. The number of methoxy groups -OCH3 is 2. The molecule has 1 amide bonds. The Morgan fingerprint density at radius 1 is 1.04 bits per heavy atom. The zero-order valence-corrected chi connectivity index (χ0v) is 16.7. The van der Waals surface area contributed by atoms with Gasteiger partial charge in [0.15, 0.2) is 0 Å². The van der Waals surface area contributed by atoms with E-state index in [1.165, 1.54) is 25.7 Å². The molecule has 0 spiro atoms. The van der Waals surface area contributed by atoms with E-state index in [0.29, 0.717) is 40.6 Å². The van der Waals surface area contributed by atoms with Crippen molar-refractivity contribution in [2.75, 3.05) is 24.9 Å². The van der Waals surface area contributed by atoms with Gasteiger partial charge >= 0.3 is 0 Å². The van der Waals surface area contributed by atoms with Crippen LogP contribution in [0, 0.1) is 6.92 Å². The monoisotopic (exact) mass is 384 g/mol. The van der Waals surface area contributed by atoms with Gasteiger partial charge in [-0.15, -0.1) is 0 Å². The van der Waals surface area contributed by atoms with Gasteiger partial charge in [-0.3, -0.25) is 4.79 Å². The van der Waals surface area contributed by atoms with Crippen LogP contribution in [0.3, 0.4) is 0 Å². The number of carbonyl (C=O) groups excluding carboxylic acids is 1. The molecule has 0 bridgehead atoms. The number of rotatable bonds is 6. The standard InChI is InChI=1S/C21H28N4O3/c1-14-22-18(13-20(23-14)24-15-8-6-4-5-7-9-15)21(26)25-17-12-16(27-2)10-11-19(17)28-3/h10-13,15H,4-9H2,1-3H3,(H,25,26)(H,22,23,24). The van der Waals surface area contributed by atoms with Crippen molar-refractivity contribution in [3.63, 3.8) is 0 Å². The lowest BCUT2D eigenvalue weighted by Gasteiger charge is -2.17. The molecule has 1 saturated carbocycles. The van der Waals surface area contributed by atoms with Crippen LogP contribution in [0.4, 0.5) is 11.5 Å². The number of hydrogen-bond donors (Lipinski definition) is 2. The molecule has 0 radical (unpaired) electrons. The first-order chi connectivity index (χ1) is 13.6. The number of aryl methyl sites for hydroxylation is 1. The zero-order chi connectivity index (χ0) is 19.9. The minimum Gasteiger partial charge on any atom is -0.497 e. The number of nitrogens with one attached hydrogen (secondary N) is 2. The molecule has 3 rings (SSSR count). The Labute approximate surface area is 165 Å². The lowest BCUT2D eigenvalue weighted by atomic mass is 10.1. The van der Waals surface area contributed by atoms with Crippen molar-refractivity contribution >= 4 is 17.4 Å². The zero-order valence-electron chi connectivity index (χ0n) is 16.7. The van der Waals surface area contributed by atoms with Crippen LogP contribution in [-0.4, -0.2) is 36.1 Å². The van der Waals surface area contributed by atoms with Crippen molar-refractivity contribution in [1.29, 1.82) is 0 Å². The average Bonchev–Trinajstić information content (AvgIpc) is 2.96. The average molecular weight is 384 g/mol. The van der Waals surface area contributed by atoms with Crippen molar-refractivity contribution in [3.05, 3.63) is 35.8 Å². The summed E-state index contributed by atoms with van der Waals surface area (Å²) in [5.74, 6) is 2.12. The number of anilines is 2. The molecular formula is C21H28N4O3. The molecule has 2 N–H and O–H groups in total. The van der Waals surface area contributed by atoms with Crippen LogP contribution in [-0.2, 0) is 0 Å². The third kappa shape index (κ3) is 5.12. The Bertz CT molecular complexity index is 817. The molecule has 0 saturated heterocycles. The second-order valence-electron chi connectivity index (χ2n) is 7.04. The van der Waals surface area contributed by atoms with Crippen LogP contribution in [0.15, 0.2) is 24.3 Å². The quantitative estimate of drug-likeness (QED) is 0.727. The van der Waals surface area contributed by atoms with Crippen LogP contribution in [0.5, 0.6) is 11.5 Å². The number of hydrogen-bond acceptors (Lipinski definition) is 6. The molecule has 28 heavy (non-hydrogen) atoms. The fourth-order valence-corrected chi connectivity index (χ4v) is 3.49. The Hall–Kier alpha value is -2.83. The van der Waals surface area contributed by atoms with Gasteiger partial charge in [0.05, 0.1) is 19.9 Å². The number of aromatic nitrogens is 2. The number of ether oxygens (including phenoxy) is 2. The van der Waals surface area contributed by atoms with Crippen molar-refractivity contribution in [3.8, 4) is 11.5 Å². The van der Waals surface area contributed by atoms with Gasteiger partial charge in [-0.1, -0.05) is 25.7 Å². The minimum absolute atomic E-state index is 0.313. The number of amides is 1. The normalized spacial score (nSPS) is 14.8. The molecule has 1 fully saturated rings. The second-order valence-corrected chi connectivity index (χ2v) is 7.04. The van der Waals surface area contributed by atoms with E-state index in [-0.39, 0.29) is 5.91 Å². The SMILES string of the molecule is COc1ccc(OC)c(NC(=O)c2cc(NC3CCCCCC3)nc(C)n2)c1. The van der Waals surface area contributed by atoms with E-state index in [0.717, 1.165) is 12.8 Å². The summed E-state index contributed by atoms with van der Waals surface area (Å²) in [7, 11) is 3.13. The van der Waals surface area contributed by atoms with Crippen molar-refractivity contribution < 1.29 is 14.3 Å². The molecule has 1 aliphatic rings.